The standard InChI is InChI=1S/C22H27ClN2O3/c1-4-12-24-22(27)17(3)25(14-18-7-5-6-16(2)13-18)21(26)15-28-20-10-8-19(23)9-11-20/h5-11,13,17H,4,12,14-15H2,1-3H3,(H,24,27)/t17-/m1/s1. The van der Waals surface area contributed by atoms with Crippen LogP contribution in [0.4, 0.5) is 0 Å². The summed E-state index contributed by atoms with van der Waals surface area (Å²) in [5, 5.41) is 3.45. The van der Waals surface area contributed by atoms with Crippen LogP contribution in [-0.2, 0) is 16.1 Å². The lowest BCUT2D eigenvalue weighted by atomic mass is 10.1. The number of hydrogen-bond donors (Lipinski definition) is 1. The minimum Gasteiger partial charge on any atom is -0.484 e. The Kier molecular flexibility index (Phi) is 8.33. The number of rotatable bonds is 9. The molecular formula is C22H27ClN2O3. The van der Waals surface area contributed by atoms with Gasteiger partial charge in [0.15, 0.2) is 6.61 Å². The number of benzene rings is 2. The van der Waals surface area contributed by atoms with E-state index in [1.807, 2.05) is 38.1 Å². The van der Waals surface area contributed by atoms with E-state index in [-0.39, 0.29) is 18.4 Å². The molecule has 150 valence electrons. The number of aryl methyl sites for hydroxylation is 1. The zero-order chi connectivity index (χ0) is 20.5. The van der Waals surface area contributed by atoms with E-state index in [1.54, 1.807) is 36.1 Å². The summed E-state index contributed by atoms with van der Waals surface area (Å²) >= 11 is 5.87. The quantitative estimate of drug-likeness (QED) is 0.690. The largest absolute Gasteiger partial charge is 0.484 e. The first-order valence-corrected chi connectivity index (χ1v) is 9.79. The van der Waals surface area contributed by atoms with Crippen LogP contribution in [0.5, 0.6) is 5.75 Å². The highest BCUT2D eigenvalue weighted by molar-refractivity contribution is 6.30. The fourth-order valence-electron chi connectivity index (χ4n) is 2.74. The molecule has 2 amide bonds. The van der Waals surface area contributed by atoms with E-state index in [0.717, 1.165) is 17.5 Å². The molecule has 28 heavy (non-hydrogen) atoms. The van der Waals surface area contributed by atoms with Gasteiger partial charge in [0, 0.05) is 18.1 Å². The Balaban J connectivity index is 2.12. The molecule has 0 saturated carbocycles. The second-order valence-electron chi connectivity index (χ2n) is 6.72. The second kappa shape index (κ2) is 10.7. The molecule has 2 rings (SSSR count). The second-order valence-corrected chi connectivity index (χ2v) is 7.16. The molecule has 0 aliphatic heterocycles. The summed E-state index contributed by atoms with van der Waals surface area (Å²) in [6.07, 6.45) is 0.837. The molecule has 2 aromatic rings. The van der Waals surface area contributed by atoms with Gasteiger partial charge in [-0.2, -0.15) is 0 Å². The number of hydrogen-bond acceptors (Lipinski definition) is 3. The van der Waals surface area contributed by atoms with Crippen molar-refractivity contribution in [3.63, 3.8) is 0 Å². The maximum atomic E-state index is 12.9. The molecule has 0 aromatic heterocycles. The number of carbonyl (C=O) groups is 2. The smallest absolute Gasteiger partial charge is 0.261 e. The lowest BCUT2D eigenvalue weighted by Gasteiger charge is -2.28. The molecule has 0 radical (unpaired) electrons. The van der Waals surface area contributed by atoms with E-state index in [2.05, 4.69) is 5.32 Å². The Morgan fingerprint density at radius 1 is 1.18 bits per heavy atom. The van der Waals surface area contributed by atoms with Crippen molar-refractivity contribution in [3.8, 4) is 5.75 Å². The molecule has 0 aliphatic carbocycles. The van der Waals surface area contributed by atoms with Gasteiger partial charge < -0.3 is 15.0 Å². The fraction of sp³-hybridized carbons (Fsp3) is 0.364. The summed E-state index contributed by atoms with van der Waals surface area (Å²) in [5.41, 5.74) is 2.07. The lowest BCUT2D eigenvalue weighted by molar-refractivity contribution is -0.142. The normalized spacial score (nSPS) is 11.6. The van der Waals surface area contributed by atoms with Gasteiger partial charge in [-0.25, -0.2) is 0 Å². The Labute approximate surface area is 171 Å². The highest BCUT2D eigenvalue weighted by Gasteiger charge is 2.26. The first kappa shape index (κ1) is 21.8. The Bertz CT molecular complexity index is 793. The molecule has 0 unspecified atom stereocenters. The third-order valence-electron chi connectivity index (χ3n) is 4.33. The number of ether oxygens (including phenoxy) is 1. The fourth-order valence-corrected chi connectivity index (χ4v) is 2.87. The predicted octanol–water partition coefficient (Wildman–Crippen LogP) is 3.97. The Morgan fingerprint density at radius 2 is 1.89 bits per heavy atom. The van der Waals surface area contributed by atoms with Crippen LogP contribution in [0.15, 0.2) is 48.5 Å². The van der Waals surface area contributed by atoms with Crippen molar-refractivity contribution < 1.29 is 14.3 Å². The average Bonchev–Trinajstić information content (AvgIpc) is 2.69. The van der Waals surface area contributed by atoms with Gasteiger partial charge in [-0.15, -0.1) is 0 Å². The first-order valence-electron chi connectivity index (χ1n) is 9.41. The third kappa shape index (κ3) is 6.57. The number of nitrogens with zero attached hydrogens (tertiary/aromatic N) is 1. The van der Waals surface area contributed by atoms with Crippen LogP contribution >= 0.6 is 11.6 Å². The van der Waals surface area contributed by atoms with Gasteiger partial charge in [0.1, 0.15) is 11.8 Å². The Morgan fingerprint density at radius 3 is 2.54 bits per heavy atom. The van der Waals surface area contributed by atoms with E-state index < -0.39 is 6.04 Å². The topological polar surface area (TPSA) is 58.6 Å². The van der Waals surface area contributed by atoms with Crippen LogP contribution in [0.1, 0.15) is 31.4 Å². The minimum absolute atomic E-state index is 0.154. The lowest BCUT2D eigenvalue weighted by Crippen LogP contribution is -2.49. The molecule has 1 N–H and O–H groups in total. The number of nitrogens with one attached hydrogen (secondary N) is 1. The first-order chi connectivity index (χ1) is 13.4. The maximum Gasteiger partial charge on any atom is 0.261 e. The van der Waals surface area contributed by atoms with Gasteiger partial charge in [0.05, 0.1) is 0 Å². The highest BCUT2D eigenvalue weighted by atomic mass is 35.5. The molecule has 5 nitrogen and oxygen atoms in total. The molecule has 0 aliphatic rings. The highest BCUT2D eigenvalue weighted by Crippen LogP contribution is 2.16. The summed E-state index contributed by atoms with van der Waals surface area (Å²) in [5.74, 6) is 0.126. The maximum absolute atomic E-state index is 12.9. The van der Waals surface area contributed by atoms with Crippen molar-refractivity contribution in [3.05, 3.63) is 64.7 Å². The summed E-state index contributed by atoms with van der Waals surface area (Å²) in [6, 6.07) is 14.1. The molecule has 0 heterocycles. The van der Waals surface area contributed by atoms with Crippen LogP contribution in [0.25, 0.3) is 0 Å². The number of halogens is 1. The van der Waals surface area contributed by atoms with Crippen molar-refractivity contribution in [1.29, 1.82) is 0 Å². The van der Waals surface area contributed by atoms with Gasteiger partial charge in [0.25, 0.3) is 5.91 Å². The van der Waals surface area contributed by atoms with Crippen molar-refractivity contribution in [2.75, 3.05) is 13.2 Å². The van der Waals surface area contributed by atoms with Crippen molar-refractivity contribution in [2.24, 2.45) is 0 Å². The SMILES string of the molecule is CCCNC(=O)[C@@H](C)N(Cc1cccc(C)c1)C(=O)COc1ccc(Cl)cc1. The zero-order valence-corrected chi connectivity index (χ0v) is 17.3. The van der Waals surface area contributed by atoms with Gasteiger partial charge in [0.2, 0.25) is 5.91 Å². The zero-order valence-electron chi connectivity index (χ0n) is 16.6. The summed E-state index contributed by atoms with van der Waals surface area (Å²) in [6.45, 7) is 6.49. The monoisotopic (exact) mass is 402 g/mol. The van der Waals surface area contributed by atoms with Crippen LogP contribution in [0.2, 0.25) is 5.02 Å². The molecule has 0 bridgehead atoms. The molecule has 0 fully saturated rings. The molecule has 1 atom stereocenters. The predicted molar refractivity (Wildman–Crippen MR) is 111 cm³/mol. The van der Waals surface area contributed by atoms with Gasteiger partial charge >= 0.3 is 0 Å². The molecule has 6 heteroatoms. The van der Waals surface area contributed by atoms with Gasteiger partial charge in [-0.05, 0) is 50.1 Å². The van der Waals surface area contributed by atoms with Gasteiger partial charge in [-0.3, -0.25) is 9.59 Å². The van der Waals surface area contributed by atoms with Crippen LogP contribution in [0.3, 0.4) is 0 Å². The van der Waals surface area contributed by atoms with Gasteiger partial charge in [-0.1, -0.05) is 48.4 Å². The van der Waals surface area contributed by atoms with Crippen LogP contribution < -0.4 is 10.1 Å². The van der Waals surface area contributed by atoms with E-state index in [1.165, 1.54) is 0 Å². The van der Waals surface area contributed by atoms with Crippen molar-refractivity contribution >= 4 is 23.4 Å². The summed E-state index contributed by atoms with van der Waals surface area (Å²) in [4.78, 5) is 26.9. The van der Waals surface area contributed by atoms with Crippen molar-refractivity contribution in [2.45, 2.75) is 39.8 Å². The van der Waals surface area contributed by atoms with E-state index in [4.69, 9.17) is 16.3 Å². The molecule has 2 aromatic carbocycles. The molecule has 0 spiro atoms. The summed E-state index contributed by atoms with van der Waals surface area (Å²) < 4.78 is 5.59. The van der Waals surface area contributed by atoms with Crippen LogP contribution in [0, 0.1) is 6.92 Å². The summed E-state index contributed by atoms with van der Waals surface area (Å²) in [7, 11) is 0. The average molecular weight is 403 g/mol. The molecule has 0 saturated heterocycles. The third-order valence-corrected chi connectivity index (χ3v) is 4.58. The van der Waals surface area contributed by atoms with E-state index >= 15 is 0 Å². The minimum atomic E-state index is -0.603. The van der Waals surface area contributed by atoms with E-state index in [0.29, 0.717) is 23.9 Å². The Hall–Kier alpha value is -2.53. The van der Waals surface area contributed by atoms with Crippen LogP contribution in [-0.4, -0.2) is 35.9 Å². The van der Waals surface area contributed by atoms with E-state index in [9.17, 15) is 9.59 Å². The number of carbonyl (C=O) groups excluding carboxylic acids is 2. The van der Waals surface area contributed by atoms with Crippen molar-refractivity contribution in [1.82, 2.24) is 10.2 Å². The number of amides is 2. The molecular weight excluding hydrogens is 376 g/mol.